The molecule has 0 atom stereocenters. The Morgan fingerprint density at radius 2 is 2.06 bits per heavy atom. The molecule has 0 saturated heterocycles. The summed E-state index contributed by atoms with van der Waals surface area (Å²) >= 11 is 1.27. The summed E-state index contributed by atoms with van der Waals surface area (Å²) in [4.78, 5) is 12.5. The quantitative estimate of drug-likeness (QED) is 0.778. The van der Waals surface area contributed by atoms with Gasteiger partial charge in [0.05, 0.1) is 12.0 Å². The van der Waals surface area contributed by atoms with E-state index in [9.17, 15) is 9.18 Å². The molecule has 4 heteroatoms. The first-order chi connectivity index (χ1) is 8.20. The van der Waals surface area contributed by atoms with Crippen molar-refractivity contribution in [3.8, 4) is 5.06 Å². The summed E-state index contributed by atoms with van der Waals surface area (Å²) in [7, 11) is 1.55. The highest BCUT2D eigenvalue weighted by atomic mass is 32.1. The van der Waals surface area contributed by atoms with Crippen LogP contribution >= 0.6 is 11.3 Å². The number of ether oxygens (including phenoxy) is 1. The van der Waals surface area contributed by atoms with E-state index in [-0.39, 0.29) is 18.0 Å². The zero-order valence-electron chi connectivity index (χ0n) is 9.27. The molecule has 88 valence electrons. The highest BCUT2D eigenvalue weighted by Crippen LogP contribution is 2.25. The van der Waals surface area contributed by atoms with Crippen LogP contribution in [0.2, 0.25) is 0 Å². The van der Waals surface area contributed by atoms with Crippen LogP contribution < -0.4 is 4.74 Å². The minimum atomic E-state index is -0.343. The molecule has 0 aliphatic carbocycles. The van der Waals surface area contributed by atoms with E-state index in [4.69, 9.17) is 4.74 Å². The van der Waals surface area contributed by atoms with Gasteiger partial charge in [-0.25, -0.2) is 4.39 Å². The van der Waals surface area contributed by atoms with Crippen LogP contribution in [-0.4, -0.2) is 12.9 Å². The van der Waals surface area contributed by atoms with Crippen molar-refractivity contribution in [1.82, 2.24) is 0 Å². The molecule has 17 heavy (non-hydrogen) atoms. The molecule has 0 fully saturated rings. The first-order valence-electron chi connectivity index (χ1n) is 5.11. The third kappa shape index (κ3) is 2.71. The Morgan fingerprint density at radius 3 is 2.71 bits per heavy atom. The molecule has 0 bridgehead atoms. The molecule has 0 amide bonds. The summed E-state index contributed by atoms with van der Waals surface area (Å²) in [5, 5.41) is 0.682. The number of hydrogen-bond acceptors (Lipinski definition) is 3. The smallest absolute Gasteiger partial charge is 0.177 e. The summed E-state index contributed by atoms with van der Waals surface area (Å²) < 4.78 is 18.4. The fourth-order valence-corrected chi connectivity index (χ4v) is 2.24. The van der Waals surface area contributed by atoms with Gasteiger partial charge in [0.25, 0.3) is 0 Å². The van der Waals surface area contributed by atoms with Crippen LogP contribution in [0.3, 0.4) is 0 Å². The molecule has 0 unspecified atom stereocenters. The number of ketones is 1. The summed E-state index contributed by atoms with van der Waals surface area (Å²) in [5.41, 5.74) is 0.421. The lowest BCUT2D eigenvalue weighted by atomic mass is 10.1. The van der Waals surface area contributed by atoms with Gasteiger partial charge < -0.3 is 4.74 Å². The van der Waals surface area contributed by atoms with E-state index in [0.29, 0.717) is 15.5 Å². The van der Waals surface area contributed by atoms with Crippen molar-refractivity contribution in [2.24, 2.45) is 0 Å². The Labute approximate surface area is 103 Å². The monoisotopic (exact) mass is 250 g/mol. The lowest BCUT2D eigenvalue weighted by molar-refractivity contribution is 0.0995. The van der Waals surface area contributed by atoms with Crippen molar-refractivity contribution >= 4 is 17.1 Å². The standard InChI is InChI=1S/C13H11FO2S/c1-16-13-7-6-12(17-13)11(15)8-9-4-2-3-5-10(9)14/h2-7H,8H2,1H3. The van der Waals surface area contributed by atoms with Crippen LogP contribution in [0.25, 0.3) is 0 Å². The van der Waals surface area contributed by atoms with E-state index < -0.39 is 0 Å². The number of methoxy groups -OCH3 is 1. The normalized spacial score (nSPS) is 10.2. The molecular weight excluding hydrogens is 239 g/mol. The van der Waals surface area contributed by atoms with Gasteiger partial charge >= 0.3 is 0 Å². The van der Waals surface area contributed by atoms with Crippen molar-refractivity contribution in [2.75, 3.05) is 7.11 Å². The highest BCUT2D eigenvalue weighted by Gasteiger charge is 2.12. The Balaban J connectivity index is 2.14. The van der Waals surface area contributed by atoms with Crippen LogP contribution in [0.15, 0.2) is 36.4 Å². The van der Waals surface area contributed by atoms with Gasteiger partial charge in [0.15, 0.2) is 10.8 Å². The lowest BCUT2D eigenvalue weighted by Gasteiger charge is -2.00. The molecule has 0 radical (unpaired) electrons. The van der Waals surface area contributed by atoms with Crippen LogP contribution in [0.4, 0.5) is 4.39 Å². The number of Topliss-reactive ketones (excluding diaryl/α,β-unsaturated/α-hetero) is 1. The van der Waals surface area contributed by atoms with Crippen molar-refractivity contribution in [1.29, 1.82) is 0 Å². The Hall–Kier alpha value is -1.68. The second-order valence-electron chi connectivity index (χ2n) is 3.51. The maximum Gasteiger partial charge on any atom is 0.177 e. The molecular formula is C13H11FO2S. The molecule has 1 aromatic carbocycles. The minimum Gasteiger partial charge on any atom is -0.487 e. The Morgan fingerprint density at radius 1 is 1.29 bits per heavy atom. The fraction of sp³-hybridized carbons (Fsp3) is 0.154. The lowest BCUT2D eigenvalue weighted by Crippen LogP contribution is -2.02. The summed E-state index contributed by atoms with van der Waals surface area (Å²) in [6, 6.07) is 9.75. The number of benzene rings is 1. The second kappa shape index (κ2) is 5.10. The van der Waals surface area contributed by atoms with E-state index in [2.05, 4.69) is 0 Å². The summed E-state index contributed by atoms with van der Waals surface area (Å²) in [5.74, 6) is -0.437. The van der Waals surface area contributed by atoms with E-state index in [1.54, 1.807) is 37.4 Å². The molecule has 0 spiro atoms. The van der Waals surface area contributed by atoms with Crippen molar-refractivity contribution in [3.05, 3.63) is 52.7 Å². The Bertz CT molecular complexity index is 534. The number of carbonyl (C=O) groups excluding carboxylic acids is 1. The highest BCUT2D eigenvalue weighted by molar-refractivity contribution is 7.15. The van der Waals surface area contributed by atoms with Gasteiger partial charge in [-0.15, -0.1) is 0 Å². The molecule has 2 nitrogen and oxygen atoms in total. The predicted molar refractivity (Wildman–Crippen MR) is 65.3 cm³/mol. The molecule has 2 rings (SSSR count). The second-order valence-corrected chi connectivity index (χ2v) is 4.56. The zero-order chi connectivity index (χ0) is 12.3. The van der Waals surface area contributed by atoms with Gasteiger partial charge in [-0.2, -0.15) is 0 Å². The molecule has 0 N–H and O–H groups in total. The topological polar surface area (TPSA) is 26.3 Å². The first kappa shape index (κ1) is 11.8. The Kier molecular flexibility index (Phi) is 3.54. The maximum atomic E-state index is 13.4. The van der Waals surface area contributed by atoms with Gasteiger partial charge in [-0.3, -0.25) is 4.79 Å². The zero-order valence-corrected chi connectivity index (χ0v) is 10.1. The number of thiophene rings is 1. The van der Waals surface area contributed by atoms with Crippen molar-refractivity contribution in [3.63, 3.8) is 0 Å². The third-order valence-electron chi connectivity index (χ3n) is 2.37. The molecule has 0 saturated carbocycles. The number of carbonyl (C=O) groups is 1. The van der Waals surface area contributed by atoms with E-state index in [0.717, 1.165) is 0 Å². The molecule has 0 aliphatic heterocycles. The molecule has 2 aromatic rings. The summed E-state index contributed by atoms with van der Waals surface area (Å²) in [6.07, 6.45) is 0.0797. The van der Waals surface area contributed by atoms with E-state index in [1.165, 1.54) is 17.4 Å². The van der Waals surface area contributed by atoms with Gasteiger partial charge in [-0.05, 0) is 23.8 Å². The van der Waals surface area contributed by atoms with E-state index >= 15 is 0 Å². The number of rotatable bonds is 4. The largest absolute Gasteiger partial charge is 0.487 e. The first-order valence-corrected chi connectivity index (χ1v) is 5.93. The van der Waals surface area contributed by atoms with Gasteiger partial charge in [0, 0.05) is 6.42 Å². The maximum absolute atomic E-state index is 13.4. The fourth-order valence-electron chi connectivity index (χ4n) is 1.48. The third-order valence-corrected chi connectivity index (χ3v) is 3.45. The van der Waals surface area contributed by atoms with Crippen LogP contribution in [-0.2, 0) is 6.42 Å². The molecule has 1 aromatic heterocycles. The van der Waals surface area contributed by atoms with Crippen molar-refractivity contribution < 1.29 is 13.9 Å². The average Bonchev–Trinajstić information content (AvgIpc) is 2.81. The van der Waals surface area contributed by atoms with E-state index in [1.807, 2.05) is 0 Å². The van der Waals surface area contributed by atoms with Crippen LogP contribution in [0.1, 0.15) is 15.2 Å². The molecule has 1 heterocycles. The predicted octanol–water partition coefficient (Wildman–Crippen LogP) is 3.32. The SMILES string of the molecule is COc1ccc(C(=O)Cc2ccccc2F)s1. The van der Waals surface area contributed by atoms with Crippen LogP contribution in [0.5, 0.6) is 5.06 Å². The molecule has 0 aliphatic rings. The number of hydrogen-bond donors (Lipinski definition) is 0. The van der Waals surface area contributed by atoms with Gasteiger partial charge in [-0.1, -0.05) is 29.5 Å². The number of halogens is 1. The van der Waals surface area contributed by atoms with Gasteiger partial charge in [0.2, 0.25) is 0 Å². The minimum absolute atomic E-state index is 0.0797. The summed E-state index contributed by atoms with van der Waals surface area (Å²) in [6.45, 7) is 0. The van der Waals surface area contributed by atoms with Gasteiger partial charge in [0.1, 0.15) is 5.82 Å². The van der Waals surface area contributed by atoms with Crippen LogP contribution in [0, 0.1) is 5.82 Å². The average molecular weight is 250 g/mol. The van der Waals surface area contributed by atoms with Crippen molar-refractivity contribution in [2.45, 2.75) is 6.42 Å².